The van der Waals surface area contributed by atoms with Crippen LogP contribution in [0.4, 0.5) is 10.1 Å². The molecule has 0 saturated carbocycles. The standard InChI is InChI=1S/C20H19FN2O3S2/c1-14(12-15-10-11-27-13-15)22-20(24)18-4-2-3-5-19(18)23-28(25,26)17-8-6-16(21)7-9-17/h2-11,13-14,23H,12H2,1H3,(H,22,24). The van der Waals surface area contributed by atoms with Gasteiger partial charge < -0.3 is 5.32 Å². The molecule has 3 aromatic rings. The summed E-state index contributed by atoms with van der Waals surface area (Å²) < 4.78 is 40.6. The van der Waals surface area contributed by atoms with Gasteiger partial charge in [-0.05, 0) is 72.1 Å². The number of amides is 1. The number of hydrogen-bond donors (Lipinski definition) is 2. The summed E-state index contributed by atoms with van der Waals surface area (Å²) in [5.41, 5.74) is 1.50. The van der Waals surface area contributed by atoms with Crippen LogP contribution >= 0.6 is 11.3 Å². The van der Waals surface area contributed by atoms with Crippen LogP contribution in [0.1, 0.15) is 22.8 Å². The van der Waals surface area contributed by atoms with Gasteiger partial charge in [-0.25, -0.2) is 12.8 Å². The van der Waals surface area contributed by atoms with E-state index in [1.165, 1.54) is 18.2 Å². The molecule has 0 aliphatic carbocycles. The lowest BCUT2D eigenvalue weighted by atomic mass is 10.1. The summed E-state index contributed by atoms with van der Waals surface area (Å²) in [5.74, 6) is -0.904. The zero-order chi connectivity index (χ0) is 20.1. The summed E-state index contributed by atoms with van der Waals surface area (Å²) in [4.78, 5) is 12.6. The first-order valence-electron chi connectivity index (χ1n) is 8.54. The molecule has 1 heterocycles. The average Bonchev–Trinajstić information content (AvgIpc) is 3.15. The van der Waals surface area contributed by atoms with Crippen LogP contribution in [-0.4, -0.2) is 20.4 Å². The van der Waals surface area contributed by atoms with Crippen molar-refractivity contribution in [2.75, 3.05) is 4.72 Å². The van der Waals surface area contributed by atoms with Gasteiger partial charge in [0.25, 0.3) is 15.9 Å². The van der Waals surface area contributed by atoms with E-state index in [1.807, 2.05) is 23.8 Å². The number of sulfonamides is 1. The Bertz CT molecular complexity index is 1050. The van der Waals surface area contributed by atoms with E-state index in [1.54, 1.807) is 29.5 Å². The molecule has 0 radical (unpaired) electrons. The minimum Gasteiger partial charge on any atom is -0.349 e. The first-order chi connectivity index (χ1) is 13.3. The summed E-state index contributed by atoms with van der Waals surface area (Å²) in [7, 11) is -3.95. The second-order valence-corrected chi connectivity index (χ2v) is 8.78. The maximum atomic E-state index is 13.1. The van der Waals surface area contributed by atoms with Crippen molar-refractivity contribution in [1.29, 1.82) is 0 Å². The van der Waals surface area contributed by atoms with Crippen molar-refractivity contribution in [1.82, 2.24) is 5.32 Å². The van der Waals surface area contributed by atoms with Crippen LogP contribution in [0.3, 0.4) is 0 Å². The molecule has 1 unspecified atom stereocenters. The van der Waals surface area contributed by atoms with Crippen LogP contribution in [0.2, 0.25) is 0 Å². The quantitative estimate of drug-likeness (QED) is 0.608. The largest absolute Gasteiger partial charge is 0.349 e. The Morgan fingerprint density at radius 3 is 2.50 bits per heavy atom. The van der Waals surface area contributed by atoms with Crippen molar-refractivity contribution in [2.45, 2.75) is 24.3 Å². The van der Waals surface area contributed by atoms with E-state index in [-0.39, 0.29) is 28.1 Å². The summed E-state index contributed by atoms with van der Waals surface area (Å²) in [6.45, 7) is 1.89. The second kappa shape index (κ2) is 8.53. The smallest absolute Gasteiger partial charge is 0.261 e. The van der Waals surface area contributed by atoms with Crippen molar-refractivity contribution >= 4 is 33.0 Å². The molecule has 0 saturated heterocycles. The van der Waals surface area contributed by atoms with E-state index in [2.05, 4.69) is 10.0 Å². The lowest BCUT2D eigenvalue weighted by Gasteiger charge is -2.16. The first-order valence-corrected chi connectivity index (χ1v) is 11.0. The molecule has 3 rings (SSSR count). The van der Waals surface area contributed by atoms with Crippen molar-refractivity contribution in [3.8, 4) is 0 Å². The highest BCUT2D eigenvalue weighted by atomic mass is 32.2. The number of nitrogens with one attached hydrogen (secondary N) is 2. The molecule has 5 nitrogen and oxygen atoms in total. The van der Waals surface area contributed by atoms with E-state index in [0.29, 0.717) is 6.42 Å². The molecular weight excluding hydrogens is 399 g/mol. The molecule has 1 atom stereocenters. The number of halogens is 1. The topological polar surface area (TPSA) is 75.3 Å². The monoisotopic (exact) mass is 418 g/mol. The summed E-state index contributed by atoms with van der Waals surface area (Å²) in [6.07, 6.45) is 0.679. The van der Waals surface area contributed by atoms with Gasteiger partial charge in [-0.2, -0.15) is 11.3 Å². The van der Waals surface area contributed by atoms with Crippen LogP contribution in [0.5, 0.6) is 0 Å². The Balaban J connectivity index is 1.76. The van der Waals surface area contributed by atoms with Gasteiger partial charge in [0.15, 0.2) is 0 Å². The summed E-state index contributed by atoms with van der Waals surface area (Å²) >= 11 is 1.59. The normalized spacial score (nSPS) is 12.4. The summed E-state index contributed by atoms with van der Waals surface area (Å²) in [5, 5.41) is 6.89. The molecule has 1 aromatic heterocycles. The van der Waals surface area contributed by atoms with Gasteiger partial charge in [-0.1, -0.05) is 12.1 Å². The molecule has 146 valence electrons. The highest BCUT2D eigenvalue weighted by Crippen LogP contribution is 2.21. The third kappa shape index (κ3) is 4.96. The fourth-order valence-electron chi connectivity index (χ4n) is 2.70. The van der Waals surface area contributed by atoms with Crippen molar-refractivity contribution in [2.24, 2.45) is 0 Å². The second-order valence-electron chi connectivity index (χ2n) is 6.32. The van der Waals surface area contributed by atoms with Gasteiger partial charge >= 0.3 is 0 Å². The maximum absolute atomic E-state index is 13.1. The SMILES string of the molecule is CC(Cc1ccsc1)NC(=O)c1ccccc1NS(=O)(=O)c1ccc(F)cc1. The number of carbonyl (C=O) groups excluding carboxylic acids is 1. The number of para-hydroxylation sites is 1. The zero-order valence-corrected chi connectivity index (χ0v) is 16.7. The van der Waals surface area contributed by atoms with Crippen molar-refractivity contribution in [3.63, 3.8) is 0 Å². The number of thiophene rings is 1. The van der Waals surface area contributed by atoms with E-state index < -0.39 is 15.8 Å². The Morgan fingerprint density at radius 1 is 1.11 bits per heavy atom. The average molecular weight is 419 g/mol. The number of anilines is 1. The number of hydrogen-bond acceptors (Lipinski definition) is 4. The Morgan fingerprint density at radius 2 is 1.82 bits per heavy atom. The van der Waals surface area contributed by atoms with Gasteiger partial charge in [0.1, 0.15) is 5.82 Å². The van der Waals surface area contributed by atoms with Crippen LogP contribution in [-0.2, 0) is 16.4 Å². The fourth-order valence-corrected chi connectivity index (χ4v) is 4.46. The van der Waals surface area contributed by atoms with E-state index >= 15 is 0 Å². The molecule has 0 aliphatic rings. The highest BCUT2D eigenvalue weighted by molar-refractivity contribution is 7.92. The Labute approximate surface area is 167 Å². The molecule has 0 spiro atoms. The third-order valence-corrected chi connectivity index (χ3v) is 6.15. The van der Waals surface area contributed by atoms with E-state index in [4.69, 9.17) is 0 Å². The third-order valence-electron chi connectivity index (χ3n) is 4.04. The minimum absolute atomic E-state index is 0.0880. The number of carbonyl (C=O) groups is 1. The Hall–Kier alpha value is -2.71. The molecular formula is C20H19FN2O3S2. The van der Waals surface area contributed by atoms with Crippen LogP contribution in [0.15, 0.2) is 70.3 Å². The van der Waals surface area contributed by atoms with Crippen molar-refractivity contribution in [3.05, 3.63) is 82.3 Å². The molecule has 0 fully saturated rings. The molecule has 2 N–H and O–H groups in total. The van der Waals surface area contributed by atoms with Gasteiger partial charge in [-0.15, -0.1) is 0 Å². The molecule has 0 aliphatic heterocycles. The zero-order valence-electron chi connectivity index (χ0n) is 15.1. The lowest BCUT2D eigenvalue weighted by Crippen LogP contribution is -2.34. The highest BCUT2D eigenvalue weighted by Gasteiger charge is 2.19. The minimum atomic E-state index is -3.95. The van der Waals surface area contributed by atoms with Crippen LogP contribution < -0.4 is 10.0 Å². The molecule has 0 bridgehead atoms. The predicted octanol–water partition coefficient (Wildman–Crippen LogP) is 4.05. The molecule has 1 amide bonds. The number of benzene rings is 2. The van der Waals surface area contributed by atoms with Gasteiger partial charge in [0.2, 0.25) is 0 Å². The number of rotatable bonds is 7. The Kier molecular flexibility index (Phi) is 6.11. The maximum Gasteiger partial charge on any atom is 0.261 e. The van der Waals surface area contributed by atoms with Gasteiger partial charge in [-0.3, -0.25) is 9.52 Å². The summed E-state index contributed by atoms with van der Waals surface area (Å²) in [6, 6.07) is 12.7. The lowest BCUT2D eigenvalue weighted by molar-refractivity contribution is 0.0941. The molecule has 8 heteroatoms. The van der Waals surface area contributed by atoms with E-state index in [0.717, 1.165) is 17.7 Å². The molecule has 2 aromatic carbocycles. The van der Waals surface area contributed by atoms with Gasteiger partial charge in [0, 0.05) is 6.04 Å². The van der Waals surface area contributed by atoms with Crippen LogP contribution in [0, 0.1) is 5.82 Å². The van der Waals surface area contributed by atoms with E-state index in [9.17, 15) is 17.6 Å². The van der Waals surface area contributed by atoms with Crippen molar-refractivity contribution < 1.29 is 17.6 Å². The van der Waals surface area contributed by atoms with Gasteiger partial charge in [0.05, 0.1) is 16.1 Å². The molecule has 28 heavy (non-hydrogen) atoms. The fraction of sp³-hybridized carbons (Fsp3) is 0.150. The first kappa shape index (κ1) is 20.0. The predicted molar refractivity (Wildman–Crippen MR) is 109 cm³/mol. The van der Waals surface area contributed by atoms with Crippen LogP contribution in [0.25, 0.3) is 0 Å².